The van der Waals surface area contributed by atoms with Crippen LogP contribution in [0.25, 0.3) is 0 Å². The molecule has 3 fully saturated rings. The van der Waals surface area contributed by atoms with E-state index >= 15 is 0 Å². The van der Waals surface area contributed by atoms with E-state index in [1.165, 1.54) is 45.2 Å². The van der Waals surface area contributed by atoms with Crippen LogP contribution < -0.4 is 10.6 Å². The lowest BCUT2D eigenvalue weighted by Crippen LogP contribution is -2.63. The van der Waals surface area contributed by atoms with Crippen LogP contribution in [0.3, 0.4) is 0 Å². The third-order valence-corrected chi connectivity index (χ3v) is 6.69. The van der Waals surface area contributed by atoms with Crippen LogP contribution in [0, 0.1) is 0 Å². The van der Waals surface area contributed by atoms with Gasteiger partial charge in [-0.15, -0.1) is 0 Å². The lowest BCUT2D eigenvalue weighted by molar-refractivity contribution is 0.00694. The molecule has 3 rings (SSSR count). The van der Waals surface area contributed by atoms with Gasteiger partial charge in [-0.2, -0.15) is 0 Å². The van der Waals surface area contributed by atoms with Crippen molar-refractivity contribution >= 4 is 12.1 Å². The van der Waals surface area contributed by atoms with Gasteiger partial charge in [0.25, 0.3) is 0 Å². The van der Waals surface area contributed by atoms with Gasteiger partial charge in [0.2, 0.25) is 0 Å². The number of rotatable bonds is 5. The molecule has 0 atom stereocenters. The maximum Gasteiger partial charge on any atom is 0.410 e. The average Bonchev–Trinajstić information content (AvgIpc) is 2.69. The Bertz CT molecular complexity index is 612. The van der Waals surface area contributed by atoms with Crippen LogP contribution in [0.4, 0.5) is 4.79 Å². The molecule has 0 radical (unpaired) electrons. The zero-order valence-electron chi connectivity index (χ0n) is 20.4. The van der Waals surface area contributed by atoms with Gasteiger partial charge in [0.1, 0.15) is 5.60 Å². The molecule has 0 aromatic carbocycles. The minimum absolute atomic E-state index is 0.178. The van der Waals surface area contributed by atoms with E-state index in [1.807, 2.05) is 20.8 Å². The van der Waals surface area contributed by atoms with E-state index in [0.29, 0.717) is 13.1 Å². The van der Waals surface area contributed by atoms with Crippen molar-refractivity contribution < 1.29 is 9.53 Å². The van der Waals surface area contributed by atoms with Gasteiger partial charge < -0.3 is 25.2 Å². The molecule has 1 amide bonds. The van der Waals surface area contributed by atoms with Crippen LogP contribution in [0.2, 0.25) is 0 Å². The van der Waals surface area contributed by atoms with Gasteiger partial charge in [-0.3, -0.25) is 9.89 Å². The molecule has 0 aromatic rings. The van der Waals surface area contributed by atoms with Crippen molar-refractivity contribution in [3.05, 3.63) is 0 Å². The van der Waals surface area contributed by atoms with E-state index in [9.17, 15) is 4.79 Å². The summed E-state index contributed by atoms with van der Waals surface area (Å²) >= 11 is 0. The van der Waals surface area contributed by atoms with E-state index in [-0.39, 0.29) is 17.7 Å². The van der Waals surface area contributed by atoms with E-state index < -0.39 is 5.60 Å². The Balaban J connectivity index is 1.58. The molecule has 0 bridgehead atoms. The van der Waals surface area contributed by atoms with Crippen molar-refractivity contribution in [2.24, 2.45) is 4.99 Å². The Morgan fingerprint density at radius 3 is 2.32 bits per heavy atom. The van der Waals surface area contributed by atoms with Crippen LogP contribution in [-0.2, 0) is 4.74 Å². The second-order valence-corrected chi connectivity index (χ2v) is 10.5. The number of carbonyl (C=O) groups is 1. The summed E-state index contributed by atoms with van der Waals surface area (Å²) in [5, 5.41) is 6.94. The van der Waals surface area contributed by atoms with Crippen LogP contribution >= 0.6 is 0 Å². The Hall–Kier alpha value is -1.54. The van der Waals surface area contributed by atoms with E-state index in [2.05, 4.69) is 34.4 Å². The number of nitrogens with zero attached hydrogens (tertiary/aromatic N) is 4. The van der Waals surface area contributed by atoms with Gasteiger partial charge in [0, 0.05) is 25.2 Å². The number of likely N-dealkylation sites (tertiary alicyclic amines) is 3. The molecule has 2 N–H and O–H groups in total. The molecule has 31 heavy (non-hydrogen) atoms. The van der Waals surface area contributed by atoms with E-state index in [4.69, 9.17) is 9.73 Å². The number of hydrogen-bond donors (Lipinski definition) is 2. The molecule has 8 heteroatoms. The first kappa shape index (κ1) is 24.1. The average molecular weight is 437 g/mol. The summed E-state index contributed by atoms with van der Waals surface area (Å²) < 4.78 is 5.46. The topological polar surface area (TPSA) is 72.4 Å². The molecule has 0 aliphatic carbocycles. The van der Waals surface area contributed by atoms with Crippen molar-refractivity contribution in [3.63, 3.8) is 0 Å². The molecule has 178 valence electrons. The Labute approximate surface area is 188 Å². The predicted molar refractivity (Wildman–Crippen MR) is 126 cm³/mol. The number of nitrogens with one attached hydrogen (secondary N) is 2. The standard InChI is InChI=1S/C23H44N6O2/c1-6-24-20(26-19-16-28(17-19)21(30)31-22(2,3)4)25-18-23(10-14-27(5)15-11-23)29-12-8-7-9-13-29/h19H,6-18H2,1-5H3,(H2,24,25,26). The fourth-order valence-corrected chi connectivity index (χ4v) is 4.76. The van der Waals surface area contributed by atoms with Crippen molar-refractivity contribution in [2.45, 2.75) is 77.0 Å². The first-order valence-electron chi connectivity index (χ1n) is 12.2. The molecule has 3 saturated heterocycles. The van der Waals surface area contributed by atoms with Gasteiger partial charge in [-0.1, -0.05) is 6.42 Å². The van der Waals surface area contributed by atoms with Crippen molar-refractivity contribution in [3.8, 4) is 0 Å². The van der Waals surface area contributed by atoms with Crippen LogP contribution in [-0.4, -0.2) is 103 Å². The maximum absolute atomic E-state index is 12.2. The number of piperidine rings is 2. The van der Waals surface area contributed by atoms with Crippen molar-refractivity contribution in [1.82, 2.24) is 25.3 Å². The third kappa shape index (κ3) is 6.72. The molecular formula is C23H44N6O2. The minimum Gasteiger partial charge on any atom is -0.444 e. The zero-order valence-corrected chi connectivity index (χ0v) is 20.4. The minimum atomic E-state index is -0.456. The van der Waals surface area contributed by atoms with Gasteiger partial charge >= 0.3 is 6.09 Å². The maximum atomic E-state index is 12.2. The second kappa shape index (κ2) is 10.4. The first-order valence-corrected chi connectivity index (χ1v) is 12.2. The number of guanidine groups is 1. The molecule has 3 aliphatic heterocycles. The normalized spacial score (nSPS) is 23.9. The molecule has 8 nitrogen and oxygen atoms in total. The van der Waals surface area contributed by atoms with Crippen molar-refractivity contribution in [1.29, 1.82) is 0 Å². The van der Waals surface area contributed by atoms with Gasteiger partial charge in [0.05, 0.1) is 12.6 Å². The van der Waals surface area contributed by atoms with E-state index in [1.54, 1.807) is 4.90 Å². The third-order valence-electron chi connectivity index (χ3n) is 6.69. The number of ether oxygens (including phenoxy) is 1. The molecular weight excluding hydrogens is 392 g/mol. The molecule has 3 aliphatic rings. The monoisotopic (exact) mass is 436 g/mol. The Morgan fingerprint density at radius 1 is 1.10 bits per heavy atom. The molecule has 0 aromatic heterocycles. The summed E-state index contributed by atoms with van der Waals surface area (Å²) in [5.41, 5.74) is -0.278. The zero-order chi connectivity index (χ0) is 22.5. The Morgan fingerprint density at radius 2 is 1.74 bits per heavy atom. The van der Waals surface area contributed by atoms with Gasteiger partial charge in [-0.05, 0) is 86.6 Å². The number of aliphatic imine (C=N–C) groups is 1. The number of carbonyl (C=O) groups excluding carboxylic acids is 1. The lowest BCUT2D eigenvalue weighted by Gasteiger charge is -2.49. The molecule has 3 heterocycles. The fourth-order valence-electron chi connectivity index (χ4n) is 4.76. The number of amides is 1. The summed E-state index contributed by atoms with van der Waals surface area (Å²) in [6.07, 6.45) is 6.10. The summed E-state index contributed by atoms with van der Waals surface area (Å²) in [6, 6.07) is 0.216. The SMILES string of the molecule is CCNC(=NCC1(N2CCCCC2)CCN(C)CC1)NC1CN(C(=O)OC(C)(C)C)C1. The van der Waals surface area contributed by atoms with Gasteiger partial charge in [-0.25, -0.2) is 4.79 Å². The summed E-state index contributed by atoms with van der Waals surface area (Å²) in [7, 11) is 2.22. The van der Waals surface area contributed by atoms with Crippen molar-refractivity contribution in [2.75, 3.05) is 59.4 Å². The molecule has 0 saturated carbocycles. The Kier molecular flexibility index (Phi) is 8.08. The quantitative estimate of drug-likeness (QED) is 0.508. The highest BCUT2D eigenvalue weighted by molar-refractivity contribution is 5.80. The molecule has 0 unspecified atom stereocenters. The van der Waals surface area contributed by atoms with Crippen LogP contribution in [0.15, 0.2) is 4.99 Å². The molecule has 0 spiro atoms. The van der Waals surface area contributed by atoms with Crippen LogP contribution in [0.5, 0.6) is 0 Å². The highest BCUT2D eigenvalue weighted by Crippen LogP contribution is 2.31. The second-order valence-electron chi connectivity index (χ2n) is 10.5. The van der Waals surface area contributed by atoms with Gasteiger partial charge in [0.15, 0.2) is 5.96 Å². The summed E-state index contributed by atoms with van der Waals surface area (Å²) in [5.74, 6) is 0.867. The van der Waals surface area contributed by atoms with E-state index in [0.717, 1.165) is 32.1 Å². The highest BCUT2D eigenvalue weighted by atomic mass is 16.6. The summed E-state index contributed by atoms with van der Waals surface area (Å²) in [4.78, 5) is 24.2. The smallest absolute Gasteiger partial charge is 0.410 e. The lowest BCUT2D eigenvalue weighted by atomic mass is 9.84. The number of hydrogen-bond acceptors (Lipinski definition) is 5. The highest BCUT2D eigenvalue weighted by Gasteiger charge is 2.40. The summed E-state index contributed by atoms with van der Waals surface area (Å²) in [6.45, 7) is 15.5. The first-order chi connectivity index (χ1) is 14.7. The predicted octanol–water partition coefficient (Wildman–Crippen LogP) is 2.11. The fraction of sp³-hybridized carbons (Fsp3) is 0.913. The largest absolute Gasteiger partial charge is 0.444 e. The van der Waals surface area contributed by atoms with Crippen LogP contribution in [0.1, 0.15) is 59.8 Å².